The number of sulfone groups is 1. The molecule has 0 saturated heterocycles. The van der Waals surface area contributed by atoms with Crippen molar-refractivity contribution in [3.63, 3.8) is 0 Å². The lowest BCUT2D eigenvalue weighted by Crippen LogP contribution is -2.12. The fourth-order valence-corrected chi connectivity index (χ4v) is 3.20. The molecule has 0 heterocycles. The smallest absolute Gasteiger partial charge is 0.264 e. The molecule has 0 fully saturated rings. The molecule has 0 saturated carbocycles. The van der Waals surface area contributed by atoms with Gasteiger partial charge in [0, 0.05) is 0 Å². The Labute approximate surface area is 94.8 Å². The monoisotopic (exact) mass is 264 g/mol. The van der Waals surface area contributed by atoms with Crippen LogP contribution in [-0.2, 0) is 20.0 Å². The molecule has 0 bridgehead atoms. The molecule has 1 aromatic rings. The van der Waals surface area contributed by atoms with Gasteiger partial charge in [0.25, 0.3) is 10.1 Å². The first-order valence-corrected chi connectivity index (χ1v) is 7.80. The molecular weight excluding hydrogens is 252 g/mol. The van der Waals surface area contributed by atoms with Crippen molar-refractivity contribution < 1.29 is 21.4 Å². The van der Waals surface area contributed by atoms with Gasteiger partial charge in [-0.2, -0.15) is 8.42 Å². The Morgan fingerprint density at radius 1 is 0.938 bits per heavy atom. The second-order valence-electron chi connectivity index (χ2n) is 3.27. The number of rotatable bonds is 5. The third-order valence-corrected chi connectivity index (χ3v) is 4.54. The van der Waals surface area contributed by atoms with E-state index in [2.05, 4.69) is 0 Å². The molecule has 0 atom stereocenters. The highest BCUT2D eigenvalue weighted by atomic mass is 32.2. The van der Waals surface area contributed by atoms with Crippen LogP contribution in [0.4, 0.5) is 0 Å². The van der Waals surface area contributed by atoms with Gasteiger partial charge < -0.3 is 0 Å². The van der Waals surface area contributed by atoms with Gasteiger partial charge in [-0.3, -0.25) is 4.55 Å². The lowest BCUT2D eigenvalue weighted by atomic mass is 10.4. The molecule has 1 aromatic carbocycles. The Kier molecular flexibility index (Phi) is 4.06. The van der Waals surface area contributed by atoms with Gasteiger partial charge in [-0.1, -0.05) is 18.2 Å². The van der Waals surface area contributed by atoms with E-state index in [1.54, 1.807) is 18.2 Å². The average Bonchev–Trinajstić information content (AvgIpc) is 2.17. The van der Waals surface area contributed by atoms with Crippen molar-refractivity contribution in [2.45, 2.75) is 11.3 Å². The van der Waals surface area contributed by atoms with Crippen LogP contribution in [0.3, 0.4) is 0 Å². The zero-order chi connectivity index (χ0) is 12.2. The Balaban J connectivity index is 2.68. The molecule has 0 amide bonds. The SMILES string of the molecule is O=S(=O)(O)CCCS(=O)(=O)c1ccccc1. The minimum atomic E-state index is -4.09. The Bertz CT molecular complexity index is 531. The zero-order valence-corrected chi connectivity index (χ0v) is 10.0. The van der Waals surface area contributed by atoms with E-state index in [0.29, 0.717) is 0 Å². The summed E-state index contributed by atoms with van der Waals surface area (Å²) in [6.07, 6.45) is -0.115. The largest absolute Gasteiger partial charge is 0.286 e. The summed E-state index contributed by atoms with van der Waals surface area (Å²) in [4.78, 5) is 0.158. The highest BCUT2D eigenvalue weighted by Gasteiger charge is 2.15. The first kappa shape index (κ1) is 13.1. The fraction of sp³-hybridized carbons (Fsp3) is 0.333. The van der Waals surface area contributed by atoms with Gasteiger partial charge in [-0.25, -0.2) is 8.42 Å². The van der Waals surface area contributed by atoms with Gasteiger partial charge in [-0.15, -0.1) is 0 Å². The van der Waals surface area contributed by atoms with Crippen molar-refractivity contribution in [2.75, 3.05) is 11.5 Å². The third kappa shape index (κ3) is 4.30. The van der Waals surface area contributed by atoms with E-state index in [1.165, 1.54) is 12.1 Å². The average molecular weight is 264 g/mol. The van der Waals surface area contributed by atoms with Crippen LogP contribution in [0.5, 0.6) is 0 Å². The summed E-state index contributed by atoms with van der Waals surface area (Å²) in [6.45, 7) is 0. The summed E-state index contributed by atoms with van der Waals surface area (Å²) in [5, 5.41) is 0. The summed E-state index contributed by atoms with van der Waals surface area (Å²) in [5.41, 5.74) is 0. The van der Waals surface area contributed by atoms with Crippen molar-refractivity contribution in [1.82, 2.24) is 0 Å². The number of hydrogen-bond donors (Lipinski definition) is 1. The van der Waals surface area contributed by atoms with Crippen LogP contribution in [0.25, 0.3) is 0 Å². The maximum Gasteiger partial charge on any atom is 0.264 e. The van der Waals surface area contributed by atoms with Crippen LogP contribution in [-0.4, -0.2) is 32.9 Å². The summed E-state index contributed by atoms with van der Waals surface area (Å²) < 4.78 is 52.6. The Morgan fingerprint density at radius 2 is 1.50 bits per heavy atom. The lowest BCUT2D eigenvalue weighted by Gasteiger charge is -2.02. The second-order valence-corrected chi connectivity index (χ2v) is 6.95. The summed E-state index contributed by atoms with van der Waals surface area (Å²) >= 11 is 0. The molecule has 5 nitrogen and oxygen atoms in total. The van der Waals surface area contributed by atoms with Gasteiger partial charge >= 0.3 is 0 Å². The molecule has 90 valence electrons. The Hall–Kier alpha value is -0.920. The van der Waals surface area contributed by atoms with E-state index in [9.17, 15) is 16.8 Å². The van der Waals surface area contributed by atoms with Gasteiger partial charge in [0.15, 0.2) is 9.84 Å². The van der Waals surface area contributed by atoms with E-state index in [4.69, 9.17) is 4.55 Å². The summed E-state index contributed by atoms with van der Waals surface area (Å²) in [7, 11) is -7.55. The molecule has 7 heteroatoms. The highest BCUT2D eigenvalue weighted by molar-refractivity contribution is 7.91. The molecule has 0 aromatic heterocycles. The van der Waals surface area contributed by atoms with Crippen LogP contribution in [0.2, 0.25) is 0 Å². The zero-order valence-electron chi connectivity index (χ0n) is 8.40. The van der Waals surface area contributed by atoms with Crippen LogP contribution in [0, 0.1) is 0 Å². The molecule has 0 aliphatic rings. The predicted molar refractivity (Wildman–Crippen MR) is 59.5 cm³/mol. The molecule has 1 rings (SSSR count). The maximum atomic E-state index is 11.6. The van der Waals surface area contributed by atoms with Gasteiger partial charge in [-0.05, 0) is 18.6 Å². The van der Waals surface area contributed by atoms with Gasteiger partial charge in [0.05, 0.1) is 16.4 Å². The molecule has 16 heavy (non-hydrogen) atoms. The summed E-state index contributed by atoms with van der Waals surface area (Å²) in [5.74, 6) is -0.837. The van der Waals surface area contributed by atoms with Crippen molar-refractivity contribution in [3.05, 3.63) is 30.3 Å². The van der Waals surface area contributed by atoms with Crippen molar-refractivity contribution in [1.29, 1.82) is 0 Å². The van der Waals surface area contributed by atoms with Crippen molar-refractivity contribution >= 4 is 20.0 Å². The topological polar surface area (TPSA) is 88.5 Å². The van der Waals surface area contributed by atoms with Crippen LogP contribution in [0.15, 0.2) is 35.2 Å². The maximum absolute atomic E-state index is 11.6. The van der Waals surface area contributed by atoms with E-state index >= 15 is 0 Å². The molecule has 0 unspecified atom stereocenters. The van der Waals surface area contributed by atoms with Crippen LogP contribution in [0.1, 0.15) is 6.42 Å². The van der Waals surface area contributed by atoms with E-state index in [0.717, 1.165) is 0 Å². The van der Waals surface area contributed by atoms with Crippen molar-refractivity contribution in [3.8, 4) is 0 Å². The normalized spacial score (nSPS) is 12.6. The minimum absolute atomic E-state index is 0.115. The lowest BCUT2D eigenvalue weighted by molar-refractivity contribution is 0.482. The predicted octanol–water partition coefficient (Wildman–Crippen LogP) is 0.738. The molecule has 0 spiro atoms. The molecule has 0 radical (unpaired) electrons. The molecule has 1 N–H and O–H groups in total. The minimum Gasteiger partial charge on any atom is -0.286 e. The fourth-order valence-electron chi connectivity index (χ4n) is 1.18. The Morgan fingerprint density at radius 3 is 2.00 bits per heavy atom. The van der Waals surface area contributed by atoms with E-state index in [-0.39, 0.29) is 17.1 Å². The van der Waals surface area contributed by atoms with Gasteiger partial charge in [0.2, 0.25) is 0 Å². The van der Waals surface area contributed by atoms with E-state index in [1.807, 2.05) is 0 Å². The van der Waals surface area contributed by atoms with E-state index < -0.39 is 25.7 Å². The highest BCUT2D eigenvalue weighted by Crippen LogP contribution is 2.11. The second kappa shape index (κ2) is 4.94. The number of hydrogen-bond acceptors (Lipinski definition) is 4. The number of benzene rings is 1. The first-order chi connectivity index (χ1) is 7.31. The molecule has 0 aliphatic heterocycles. The van der Waals surface area contributed by atoms with Crippen molar-refractivity contribution in [2.24, 2.45) is 0 Å². The quantitative estimate of drug-likeness (QED) is 0.792. The molecule has 0 aliphatic carbocycles. The first-order valence-electron chi connectivity index (χ1n) is 4.54. The van der Waals surface area contributed by atoms with Crippen LogP contribution >= 0.6 is 0 Å². The molecular formula is C9H12O5S2. The summed E-state index contributed by atoms with van der Waals surface area (Å²) in [6, 6.07) is 7.77. The third-order valence-electron chi connectivity index (χ3n) is 1.92. The van der Waals surface area contributed by atoms with Gasteiger partial charge in [0.1, 0.15) is 0 Å². The van der Waals surface area contributed by atoms with Crippen LogP contribution < -0.4 is 0 Å². The standard InChI is InChI=1S/C9H12O5S2/c10-15(11,7-4-8-16(12,13)14)9-5-2-1-3-6-9/h1-3,5-6H,4,7-8H2,(H,12,13,14).